The summed E-state index contributed by atoms with van der Waals surface area (Å²) in [5.41, 5.74) is 3.53. The molecule has 0 radical (unpaired) electrons. The Morgan fingerprint density at radius 3 is 2.83 bits per heavy atom. The van der Waals surface area contributed by atoms with Gasteiger partial charge in [-0.1, -0.05) is 23.2 Å². The van der Waals surface area contributed by atoms with Gasteiger partial charge in [0.1, 0.15) is 11.3 Å². The van der Waals surface area contributed by atoms with Crippen molar-refractivity contribution >= 4 is 40.2 Å². The van der Waals surface area contributed by atoms with Crippen LogP contribution in [-0.4, -0.2) is 10.9 Å². The highest BCUT2D eigenvalue weighted by molar-refractivity contribution is 6.35. The second-order valence-corrected chi connectivity index (χ2v) is 5.47. The number of fused-ring (bicyclic) bond motifs is 1. The lowest BCUT2D eigenvalue weighted by Gasteiger charge is -2.05. The maximum absolute atomic E-state index is 11.5. The molecule has 3 N–H and O–H groups in total. The zero-order chi connectivity index (χ0) is 16.4. The minimum Gasteiger partial charge on any atom is -0.482 e. The molecular weight excluding hydrogens is 341 g/mol. The molecule has 0 saturated carbocycles. The largest absolute Gasteiger partial charge is 0.482 e. The summed E-state index contributed by atoms with van der Waals surface area (Å²) in [5, 5.41) is 0.922. The van der Waals surface area contributed by atoms with E-state index in [1.165, 1.54) is 0 Å². The van der Waals surface area contributed by atoms with Crippen molar-refractivity contribution in [1.29, 1.82) is 0 Å². The molecule has 0 bridgehead atoms. The molecule has 0 atom stereocenters. The van der Waals surface area contributed by atoms with Crippen molar-refractivity contribution in [3.63, 3.8) is 0 Å². The van der Waals surface area contributed by atoms with Gasteiger partial charge in [-0.3, -0.25) is 10.2 Å². The Morgan fingerprint density at radius 2 is 2.09 bits per heavy atom. The zero-order valence-electron chi connectivity index (χ0n) is 11.7. The van der Waals surface area contributed by atoms with Crippen LogP contribution in [0, 0.1) is 0 Å². The van der Waals surface area contributed by atoms with Gasteiger partial charge < -0.3 is 9.15 Å². The first-order valence-corrected chi connectivity index (χ1v) is 7.30. The molecule has 1 aromatic heterocycles. The number of hydrogen-bond acceptors (Lipinski definition) is 5. The first-order chi connectivity index (χ1) is 11.1. The third-order valence-corrected chi connectivity index (χ3v) is 3.60. The van der Waals surface area contributed by atoms with Crippen LogP contribution in [0.1, 0.15) is 16.2 Å². The number of aromatic nitrogens is 1. The van der Waals surface area contributed by atoms with E-state index in [1.54, 1.807) is 36.4 Å². The van der Waals surface area contributed by atoms with Gasteiger partial charge in [0.05, 0.1) is 5.02 Å². The number of hydrogen-bond donors (Lipinski definition) is 2. The molecule has 0 aliphatic carbocycles. The lowest BCUT2D eigenvalue weighted by Crippen LogP contribution is -2.29. The first-order valence-electron chi connectivity index (χ1n) is 6.55. The van der Waals surface area contributed by atoms with Crippen LogP contribution in [0.15, 0.2) is 40.8 Å². The number of carbonyl (C=O) groups excluding carboxylic acids is 1. The van der Waals surface area contributed by atoms with E-state index in [0.717, 1.165) is 0 Å². The van der Waals surface area contributed by atoms with Crippen molar-refractivity contribution < 1.29 is 13.9 Å². The SMILES string of the molecule is NNC(=O)c1ccc2oc(COc3ccc(Cl)cc3Cl)nc2c1. The van der Waals surface area contributed by atoms with Crippen molar-refractivity contribution in [2.24, 2.45) is 5.84 Å². The third-order valence-electron chi connectivity index (χ3n) is 3.07. The van der Waals surface area contributed by atoms with Crippen LogP contribution in [0.2, 0.25) is 10.0 Å². The summed E-state index contributed by atoms with van der Waals surface area (Å²) in [4.78, 5) is 15.8. The molecule has 0 aliphatic rings. The fraction of sp³-hybridized carbons (Fsp3) is 0.0667. The number of amides is 1. The average Bonchev–Trinajstić information content (AvgIpc) is 2.95. The predicted molar refractivity (Wildman–Crippen MR) is 86.5 cm³/mol. The molecule has 0 unspecified atom stereocenters. The molecular formula is C15H11Cl2N3O3. The lowest BCUT2D eigenvalue weighted by molar-refractivity contribution is 0.0954. The molecule has 0 spiro atoms. The molecule has 118 valence electrons. The highest BCUT2D eigenvalue weighted by Gasteiger charge is 2.11. The van der Waals surface area contributed by atoms with Gasteiger partial charge in [-0.05, 0) is 36.4 Å². The van der Waals surface area contributed by atoms with Gasteiger partial charge in [0.15, 0.2) is 12.2 Å². The molecule has 0 aliphatic heterocycles. The molecule has 23 heavy (non-hydrogen) atoms. The Bertz CT molecular complexity index is 880. The Kier molecular flexibility index (Phi) is 4.38. The maximum Gasteiger partial charge on any atom is 0.265 e. The summed E-state index contributed by atoms with van der Waals surface area (Å²) < 4.78 is 11.1. The van der Waals surface area contributed by atoms with E-state index < -0.39 is 5.91 Å². The van der Waals surface area contributed by atoms with E-state index in [-0.39, 0.29) is 6.61 Å². The number of hydrazine groups is 1. The van der Waals surface area contributed by atoms with Crippen LogP contribution in [0.25, 0.3) is 11.1 Å². The molecule has 8 heteroatoms. The lowest BCUT2D eigenvalue weighted by atomic mass is 10.2. The van der Waals surface area contributed by atoms with Crippen LogP contribution in [0.5, 0.6) is 5.75 Å². The van der Waals surface area contributed by atoms with Gasteiger partial charge in [-0.15, -0.1) is 0 Å². The summed E-state index contributed by atoms with van der Waals surface area (Å²) in [6, 6.07) is 9.74. The summed E-state index contributed by atoms with van der Waals surface area (Å²) in [6.45, 7) is 0.0917. The number of nitrogens with zero attached hydrogens (tertiary/aromatic N) is 1. The first kappa shape index (κ1) is 15.6. The predicted octanol–water partition coefficient (Wildman–Crippen LogP) is 3.32. The maximum atomic E-state index is 11.5. The Hall–Kier alpha value is -2.28. The molecule has 0 saturated heterocycles. The smallest absolute Gasteiger partial charge is 0.265 e. The standard InChI is InChI=1S/C15H11Cl2N3O3/c16-9-2-4-12(10(17)6-9)22-7-14-19-11-5-8(15(21)20-18)1-3-13(11)23-14/h1-6H,7,18H2,(H,20,21). The second kappa shape index (κ2) is 6.45. The number of nitrogens with two attached hydrogens (primary N) is 1. The fourth-order valence-corrected chi connectivity index (χ4v) is 2.46. The van der Waals surface area contributed by atoms with Crippen LogP contribution in [0.4, 0.5) is 0 Å². The monoisotopic (exact) mass is 351 g/mol. The van der Waals surface area contributed by atoms with Gasteiger partial charge in [0.2, 0.25) is 5.89 Å². The van der Waals surface area contributed by atoms with E-state index in [4.69, 9.17) is 38.2 Å². The number of rotatable bonds is 4. The van der Waals surface area contributed by atoms with E-state index in [2.05, 4.69) is 10.4 Å². The zero-order valence-corrected chi connectivity index (χ0v) is 13.2. The quantitative estimate of drug-likeness (QED) is 0.427. The van der Waals surface area contributed by atoms with E-state index in [1.807, 2.05) is 0 Å². The number of halogens is 2. The Morgan fingerprint density at radius 1 is 1.26 bits per heavy atom. The fourth-order valence-electron chi connectivity index (χ4n) is 1.99. The number of oxazole rings is 1. The molecule has 3 rings (SSSR count). The van der Waals surface area contributed by atoms with Crippen molar-refractivity contribution in [1.82, 2.24) is 10.4 Å². The average molecular weight is 352 g/mol. The van der Waals surface area contributed by atoms with Crippen molar-refractivity contribution in [2.45, 2.75) is 6.61 Å². The van der Waals surface area contributed by atoms with Gasteiger partial charge in [0, 0.05) is 10.6 Å². The summed E-state index contributed by atoms with van der Waals surface area (Å²) >= 11 is 11.9. The molecule has 1 heterocycles. The third kappa shape index (κ3) is 3.39. The second-order valence-electron chi connectivity index (χ2n) is 4.63. The van der Waals surface area contributed by atoms with Gasteiger partial charge in [-0.25, -0.2) is 10.8 Å². The van der Waals surface area contributed by atoms with Crippen LogP contribution < -0.4 is 16.0 Å². The molecule has 2 aromatic carbocycles. The van der Waals surface area contributed by atoms with Crippen molar-refractivity contribution in [2.75, 3.05) is 0 Å². The number of nitrogens with one attached hydrogen (secondary N) is 1. The molecule has 1 amide bonds. The van der Waals surface area contributed by atoms with E-state index >= 15 is 0 Å². The van der Waals surface area contributed by atoms with Crippen LogP contribution in [0.3, 0.4) is 0 Å². The van der Waals surface area contributed by atoms with Crippen molar-refractivity contribution in [3.8, 4) is 5.75 Å². The van der Waals surface area contributed by atoms with Crippen LogP contribution in [-0.2, 0) is 6.61 Å². The minimum atomic E-state index is -0.402. The molecule has 0 fully saturated rings. The number of benzene rings is 2. The highest BCUT2D eigenvalue weighted by atomic mass is 35.5. The molecule has 6 nitrogen and oxygen atoms in total. The van der Waals surface area contributed by atoms with Gasteiger partial charge >= 0.3 is 0 Å². The Balaban J connectivity index is 1.79. The van der Waals surface area contributed by atoms with Crippen molar-refractivity contribution in [3.05, 3.63) is 57.9 Å². The minimum absolute atomic E-state index is 0.0917. The van der Waals surface area contributed by atoms with Gasteiger partial charge in [0.25, 0.3) is 5.91 Å². The topological polar surface area (TPSA) is 90.4 Å². The Labute approximate surface area is 141 Å². The molecule has 3 aromatic rings. The number of nitrogen functional groups attached to an aromatic ring is 1. The number of carbonyl (C=O) groups is 1. The number of ether oxygens (including phenoxy) is 1. The highest BCUT2D eigenvalue weighted by Crippen LogP contribution is 2.28. The van der Waals surface area contributed by atoms with Crippen LogP contribution >= 0.6 is 23.2 Å². The summed E-state index contributed by atoms with van der Waals surface area (Å²) in [7, 11) is 0. The summed E-state index contributed by atoms with van der Waals surface area (Å²) in [5.74, 6) is 5.53. The van der Waals surface area contributed by atoms with E-state index in [9.17, 15) is 4.79 Å². The van der Waals surface area contributed by atoms with E-state index in [0.29, 0.717) is 38.3 Å². The summed E-state index contributed by atoms with van der Waals surface area (Å²) in [6.07, 6.45) is 0. The van der Waals surface area contributed by atoms with Gasteiger partial charge in [-0.2, -0.15) is 0 Å². The normalized spacial score (nSPS) is 10.7.